The summed E-state index contributed by atoms with van der Waals surface area (Å²) in [4.78, 5) is 27.8. The summed E-state index contributed by atoms with van der Waals surface area (Å²) in [7, 11) is 0. The molecule has 0 N–H and O–H groups in total. The van der Waals surface area contributed by atoms with Crippen LogP contribution in [0.5, 0.6) is 0 Å². The van der Waals surface area contributed by atoms with Crippen LogP contribution in [0.2, 0.25) is 5.02 Å². The Balaban J connectivity index is 1.83. The molecule has 0 bridgehead atoms. The molecule has 1 aliphatic heterocycles. The maximum atomic E-state index is 13.5. The van der Waals surface area contributed by atoms with Gasteiger partial charge in [-0.2, -0.15) is 0 Å². The van der Waals surface area contributed by atoms with Crippen molar-refractivity contribution in [3.8, 4) is 0 Å². The van der Waals surface area contributed by atoms with E-state index in [0.717, 1.165) is 11.3 Å². The minimum absolute atomic E-state index is 0.0654. The normalized spacial score (nSPS) is 16.0. The Morgan fingerprint density at radius 3 is 2.64 bits per heavy atom. The van der Waals surface area contributed by atoms with Crippen LogP contribution in [0.25, 0.3) is 11.0 Å². The van der Waals surface area contributed by atoms with E-state index in [2.05, 4.69) is 10.2 Å². The number of benzene rings is 2. The number of nitrogens with zero attached hydrogens (tertiary/aromatic N) is 3. The van der Waals surface area contributed by atoms with E-state index in [1.165, 1.54) is 40.7 Å². The summed E-state index contributed by atoms with van der Waals surface area (Å²) in [5, 5.41) is 8.72. The SMILES string of the molecule is O=C1c2oc3ccc(Cl)cc3c(=O)c2[C@H](c2ccc(F)cc2)N1c1nncs1. The molecular formula is C19H9ClFN3O3S. The van der Waals surface area contributed by atoms with Crippen molar-refractivity contribution in [2.24, 2.45) is 0 Å². The monoisotopic (exact) mass is 413 g/mol. The molecule has 138 valence electrons. The number of hydrogen-bond donors (Lipinski definition) is 0. The predicted octanol–water partition coefficient (Wildman–Crippen LogP) is 4.19. The van der Waals surface area contributed by atoms with Gasteiger partial charge in [0.05, 0.1) is 17.0 Å². The van der Waals surface area contributed by atoms with Gasteiger partial charge < -0.3 is 4.42 Å². The average molecular weight is 414 g/mol. The average Bonchev–Trinajstić information content (AvgIpc) is 3.30. The Kier molecular flexibility index (Phi) is 3.78. The first-order valence-corrected chi connectivity index (χ1v) is 9.42. The van der Waals surface area contributed by atoms with Gasteiger partial charge in [0.25, 0.3) is 5.91 Å². The molecule has 28 heavy (non-hydrogen) atoms. The van der Waals surface area contributed by atoms with E-state index in [4.69, 9.17) is 16.0 Å². The molecule has 0 saturated heterocycles. The van der Waals surface area contributed by atoms with E-state index in [0.29, 0.717) is 15.7 Å². The molecule has 0 fully saturated rings. The number of carbonyl (C=O) groups is 1. The maximum absolute atomic E-state index is 13.5. The highest BCUT2D eigenvalue weighted by Gasteiger charge is 2.44. The quantitative estimate of drug-likeness (QED) is 0.492. The Bertz CT molecular complexity index is 1290. The molecule has 0 radical (unpaired) electrons. The lowest BCUT2D eigenvalue weighted by Gasteiger charge is -2.21. The zero-order valence-corrected chi connectivity index (χ0v) is 15.5. The largest absolute Gasteiger partial charge is 0.450 e. The van der Waals surface area contributed by atoms with Crippen LogP contribution in [0.15, 0.2) is 57.2 Å². The van der Waals surface area contributed by atoms with E-state index in [1.54, 1.807) is 12.1 Å². The minimum atomic E-state index is -0.810. The van der Waals surface area contributed by atoms with E-state index in [9.17, 15) is 14.0 Å². The number of anilines is 1. The van der Waals surface area contributed by atoms with Gasteiger partial charge in [0.2, 0.25) is 10.9 Å². The van der Waals surface area contributed by atoms with Gasteiger partial charge in [-0.1, -0.05) is 35.1 Å². The second kappa shape index (κ2) is 6.22. The van der Waals surface area contributed by atoms with Crippen molar-refractivity contribution in [3.05, 3.63) is 85.9 Å². The number of rotatable bonds is 2. The number of amides is 1. The number of hydrogen-bond acceptors (Lipinski definition) is 6. The van der Waals surface area contributed by atoms with Crippen molar-refractivity contribution in [1.82, 2.24) is 10.2 Å². The van der Waals surface area contributed by atoms with Gasteiger partial charge in [-0.05, 0) is 35.9 Å². The summed E-state index contributed by atoms with van der Waals surface area (Å²) >= 11 is 7.19. The third-order valence-electron chi connectivity index (χ3n) is 4.57. The standard InChI is InChI=1S/C19H9ClFN3O3S/c20-10-3-6-13-12(7-10)16(25)14-15(9-1-4-11(21)5-2-9)24(18(26)17(14)27-13)19-23-22-8-28-19/h1-8,15H/t15-/m0/s1. The Labute approximate surface area is 165 Å². The molecule has 1 amide bonds. The van der Waals surface area contributed by atoms with Crippen LogP contribution in [0.3, 0.4) is 0 Å². The molecule has 1 atom stereocenters. The van der Waals surface area contributed by atoms with Gasteiger partial charge in [0.15, 0.2) is 5.43 Å². The molecule has 0 spiro atoms. The van der Waals surface area contributed by atoms with Crippen LogP contribution in [0.4, 0.5) is 9.52 Å². The molecular weight excluding hydrogens is 405 g/mol. The first-order chi connectivity index (χ1) is 13.5. The van der Waals surface area contributed by atoms with Gasteiger partial charge in [0, 0.05) is 5.02 Å². The lowest BCUT2D eigenvalue weighted by Crippen LogP contribution is -2.29. The molecule has 3 heterocycles. The van der Waals surface area contributed by atoms with Crippen LogP contribution in [0, 0.1) is 5.82 Å². The topological polar surface area (TPSA) is 76.3 Å². The fourth-order valence-corrected chi connectivity index (χ4v) is 4.13. The Morgan fingerprint density at radius 1 is 1.14 bits per heavy atom. The van der Waals surface area contributed by atoms with Crippen molar-refractivity contribution in [3.63, 3.8) is 0 Å². The van der Waals surface area contributed by atoms with E-state index < -0.39 is 17.8 Å². The minimum Gasteiger partial charge on any atom is -0.450 e. The van der Waals surface area contributed by atoms with E-state index >= 15 is 0 Å². The molecule has 2 aromatic carbocycles. The molecule has 0 aliphatic carbocycles. The molecule has 0 saturated carbocycles. The van der Waals surface area contributed by atoms with Crippen molar-refractivity contribution in [2.75, 3.05) is 4.90 Å². The van der Waals surface area contributed by atoms with Crippen LogP contribution in [-0.4, -0.2) is 16.1 Å². The summed E-state index contributed by atoms with van der Waals surface area (Å²) in [5.41, 5.74) is 2.10. The number of halogens is 2. The summed E-state index contributed by atoms with van der Waals surface area (Å²) in [6, 6.07) is 9.42. The molecule has 4 aromatic rings. The summed E-state index contributed by atoms with van der Waals surface area (Å²) in [6.07, 6.45) is 0. The smallest absolute Gasteiger partial charge is 0.297 e. The van der Waals surface area contributed by atoms with Crippen LogP contribution >= 0.6 is 22.9 Å². The van der Waals surface area contributed by atoms with Crippen molar-refractivity contribution >= 4 is 44.9 Å². The maximum Gasteiger partial charge on any atom is 0.297 e. The fraction of sp³-hybridized carbons (Fsp3) is 0.0526. The molecule has 6 nitrogen and oxygen atoms in total. The zero-order chi connectivity index (χ0) is 19.4. The summed E-state index contributed by atoms with van der Waals surface area (Å²) in [6.45, 7) is 0. The Morgan fingerprint density at radius 2 is 1.93 bits per heavy atom. The lowest BCUT2D eigenvalue weighted by atomic mass is 9.99. The third-order valence-corrected chi connectivity index (χ3v) is 5.50. The summed E-state index contributed by atoms with van der Waals surface area (Å²) in [5.74, 6) is -0.993. The first-order valence-electron chi connectivity index (χ1n) is 8.16. The van der Waals surface area contributed by atoms with Gasteiger partial charge >= 0.3 is 0 Å². The first kappa shape index (κ1) is 17.0. The predicted molar refractivity (Wildman–Crippen MR) is 102 cm³/mol. The highest BCUT2D eigenvalue weighted by molar-refractivity contribution is 7.13. The van der Waals surface area contributed by atoms with Crippen LogP contribution in [-0.2, 0) is 0 Å². The Hall–Kier alpha value is -3.10. The number of aromatic nitrogens is 2. The zero-order valence-electron chi connectivity index (χ0n) is 13.9. The lowest BCUT2D eigenvalue weighted by molar-refractivity contribution is 0.0970. The second-order valence-corrected chi connectivity index (χ2v) is 7.41. The second-order valence-electron chi connectivity index (χ2n) is 6.17. The van der Waals surface area contributed by atoms with Crippen molar-refractivity contribution in [1.29, 1.82) is 0 Å². The molecule has 9 heteroatoms. The highest BCUT2D eigenvalue weighted by atomic mass is 35.5. The molecule has 1 aliphatic rings. The van der Waals surface area contributed by atoms with Gasteiger partial charge in [0.1, 0.15) is 16.9 Å². The van der Waals surface area contributed by atoms with E-state index in [1.807, 2.05) is 0 Å². The number of fused-ring (bicyclic) bond motifs is 2. The van der Waals surface area contributed by atoms with Gasteiger partial charge in [-0.3, -0.25) is 14.5 Å². The molecule has 0 unspecified atom stereocenters. The highest BCUT2D eigenvalue weighted by Crippen LogP contribution is 2.41. The van der Waals surface area contributed by atoms with Crippen LogP contribution < -0.4 is 10.3 Å². The summed E-state index contributed by atoms with van der Waals surface area (Å²) < 4.78 is 19.2. The van der Waals surface area contributed by atoms with Crippen molar-refractivity contribution < 1.29 is 13.6 Å². The third kappa shape index (κ3) is 2.45. The molecule has 5 rings (SSSR count). The van der Waals surface area contributed by atoms with E-state index in [-0.39, 0.29) is 27.7 Å². The van der Waals surface area contributed by atoms with Gasteiger partial charge in [-0.15, -0.1) is 10.2 Å². The van der Waals surface area contributed by atoms with Crippen LogP contribution in [0.1, 0.15) is 27.7 Å². The number of carbonyl (C=O) groups excluding carboxylic acids is 1. The molecule has 2 aromatic heterocycles. The van der Waals surface area contributed by atoms with Crippen molar-refractivity contribution in [2.45, 2.75) is 6.04 Å². The fourth-order valence-electron chi connectivity index (χ4n) is 3.38. The van der Waals surface area contributed by atoms with Gasteiger partial charge in [-0.25, -0.2) is 4.39 Å².